The Kier molecular flexibility index (Phi) is 6.50. The third-order valence-corrected chi connectivity index (χ3v) is 3.49. The molecule has 0 heterocycles. The molecule has 0 aliphatic carbocycles. The molecule has 0 atom stereocenters. The topological polar surface area (TPSA) is 41.1 Å². The smallest absolute Gasteiger partial charge is 0.225 e. The molecule has 0 unspecified atom stereocenters. The van der Waals surface area contributed by atoms with Gasteiger partial charge in [0.15, 0.2) is 11.6 Å². The van der Waals surface area contributed by atoms with Crippen molar-refractivity contribution in [2.24, 2.45) is 0 Å². The Morgan fingerprint density at radius 2 is 1.74 bits per heavy atom. The van der Waals surface area contributed by atoms with Crippen LogP contribution < -0.4 is 10.6 Å². The number of hydrogen-bond acceptors (Lipinski definition) is 2. The molecule has 0 radical (unpaired) electrons. The van der Waals surface area contributed by atoms with Crippen LogP contribution in [0.5, 0.6) is 0 Å². The van der Waals surface area contributed by atoms with Crippen molar-refractivity contribution in [1.29, 1.82) is 0 Å². The van der Waals surface area contributed by atoms with Gasteiger partial charge in [0.1, 0.15) is 0 Å². The summed E-state index contributed by atoms with van der Waals surface area (Å²) in [5.41, 5.74) is 1.41. The number of benzene rings is 2. The molecular formula is C17H17ClF2N2O. The quantitative estimate of drug-likeness (QED) is 0.754. The van der Waals surface area contributed by atoms with Crippen molar-refractivity contribution in [2.75, 3.05) is 18.4 Å². The zero-order valence-corrected chi connectivity index (χ0v) is 13.2. The maximum absolute atomic E-state index is 13.0. The van der Waals surface area contributed by atoms with E-state index < -0.39 is 11.6 Å². The van der Waals surface area contributed by atoms with Gasteiger partial charge in [0, 0.05) is 29.7 Å². The molecular weight excluding hydrogens is 322 g/mol. The Morgan fingerprint density at radius 1 is 1.00 bits per heavy atom. The predicted octanol–water partition coefficient (Wildman–Crippen LogP) is 3.78. The summed E-state index contributed by atoms with van der Waals surface area (Å²) in [7, 11) is 0. The normalized spacial score (nSPS) is 10.6. The highest BCUT2D eigenvalue weighted by atomic mass is 35.5. The lowest BCUT2D eigenvalue weighted by Crippen LogP contribution is -2.23. The van der Waals surface area contributed by atoms with Crippen LogP contribution in [0, 0.1) is 11.6 Å². The van der Waals surface area contributed by atoms with Crippen molar-refractivity contribution in [1.82, 2.24) is 5.32 Å². The SMILES string of the molecule is O=C(CCNCCc1ccc(Cl)cc1)Nc1ccc(F)c(F)c1. The average molecular weight is 339 g/mol. The van der Waals surface area contributed by atoms with E-state index >= 15 is 0 Å². The number of hydrogen-bond donors (Lipinski definition) is 2. The largest absolute Gasteiger partial charge is 0.326 e. The van der Waals surface area contributed by atoms with E-state index in [0.717, 1.165) is 30.7 Å². The van der Waals surface area contributed by atoms with Crippen LogP contribution in [0.15, 0.2) is 42.5 Å². The molecule has 0 aliphatic heterocycles. The fourth-order valence-corrected chi connectivity index (χ4v) is 2.13. The predicted molar refractivity (Wildman–Crippen MR) is 87.6 cm³/mol. The fourth-order valence-electron chi connectivity index (χ4n) is 2.01. The molecule has 0 fully saturated rings. The summed E-state index contributed by atoms with van der Waals surface area (Å²) < 4.78 is 25.8. The summed E-state index contributed by atoms with van der Waals surface area (Å²) in [5.74, 6) is -2.18. The lowest BCUT2D eigenvalue weighted by Gasteiger charge is -2.07. The molecule has 0 saturated heterocycles. The van der Waals surface area contributed by atoms with Crippen molar-refractivity contribution in [2.45, 2.75) is 12.8 Å². The number of carbonyl (C=O) groups excluding carboxylic acids is 1. The molecule has 2 aromatic rings. The summed E-state index contributed by atoms with van der Waals surface area (Å²) in [6, 6.07) is 10.9. The van der Waals surface area contributed by atoms with Crippen LogP contribution in [-0.4, -0.2) is 19.0 Å². The second-order valence-corrected chi connectivity index (χ2v) is 5.49. The first kappa shape index (κ1) is 17.4. The molecule has 0 bridgehead atoms. The summed E-state index contributed by atoms with van der Waals surface area (Å²) in [6.45, 7) is 1.24. The van der Waals surface area contributed by atoms with Gasteiger partial charge in [0.05, 0.1) is 0 Å². The van der Waals surface area contributed by atoms with Gasteiger partial charge in [-0.05, 0) is 42.8 Å². The van der Waals surface area contributed by atoms with Crippen molar-refractivity contribution in [3.63, 3.8) is 0 Å². The fraction of sp³-hybridized carbons (Fsp3) is 0.235. The molecule has 2 rings (SSSR count). The zero-order chi connectivity index (χ0) is 16.7. The molecule has 1 amide bonds. The van der Waals surface area contributed by atoms with E-state index in [2.05, 4.69) is 10.6 Å². The van der Waals surface area contributed by atoms with E-state index in [1.165, 1.54) is 6.07 Å². The highest BCUT2D eigenvalue weighted by Gasteiger charge is 2.06. The first-order chi connectivity index (χ1) is 11.0. The molecule has 0 spiro atoms. The average Bonchev–Trinajstić information content (AvgIpc) is 2.52. The van der Waals surface area contributed by atoms with Gasteiger partial charge in [0.25, 0.3) is 0 Å². The molecule has 6 heteroatoms. The van der Waals surface area contributed by atoms with Crippen molar-refractivity contribution >= 4 is 23.2 Å². The molecule has 2 aromatic carbocycles. The summed E-state index contributed by atoms with van der Waals surface area (Å²) in [5, 5.41) is 6.39. The highest BCUT2D eigenvalue weighted by molar-refractivity contribution is 6.30. The lowest BCUT2D eigenvalue weighted by atomic mass is 10.1. The second-order valence-electron chi connectivity index (χ2n) is 5.05. The highest BCUT2D eigenvalue weighted by Crippen LogP contribution is 2.13. The van der Waals surface area contributed by atoms with E-state index in [1.807, 2.05) is 24.3 Å². The van der Waals surface area contributed by atoms with E-state index in [4.69, 9.17) is 11.6 Å². The maximum atomic E-state index is 13.0. The number of nitrogens with one attached hydrogen (secondary N) is 2. The van der Waals surface area contributed by atoms with Crippen LogP contribution in [0.2, 0.25) is 5.02 Å². The molecule has 3 nitrogen and oxygen atoms in total. The lowest BCUT2D eigenvalue weighted by molar-refractivity contribution is -0.116. The van der Waals surface area contributed by atoms with E-state index in [-0.39, 0.29) is 18.0 Å². The minimum atomic E-state index is -0.983. The van der Waals surface area contributed by atoms with Crippen molar-refractivity contribution in [3.8, 4) is 0 Å². The van der Waals surface area contributed by atoms with Crippen molar-refractivity contribution < 1.29 is 13.6 Å². The van der Waals surface area contributed by atoms with Gasteiger partial charge >= 0.3 is 0 Å². The van der Waals surface area contributed by atoms with Gasteiger partial charge in [-0.15, -0.1) is 0 Å². The summed E-state index contributed by atoms with van der Waals surface area (Å²) >= 11 is 5.81. The molecule has 2 N–H and O–H groups in total. The Balaban J connectivity index is 1.64. The monoisotopic (exact) mass is 338 g/mol. The molecule has 0 saturated carbocycles. The standard InChI is InChI=1S/C17H17ClF2N2O/c18-13-3-1-12(2-4-13)7-9-21-10-8-17(23)22-14-5-6-15(19)16(20)11-14/h1-6,11,21H,7-10H2,(H,22,23). The van der Waals surface area contributed by atoms with Crippen LogP contribution in [0.25, 0.3) is 0 Å². The number of carbonyl (C=O) groups is 1. The molecule has 0 aromatic heterocycles. The van der Waals surface area contributed by atoms with Gasteiger partial charge in [-0.25, -0.2) is 8.78 Å². The van der Waals surface area contributed by atoms with Gasteiger partial charge in [0.2, 0.25) is 5.91 Å². The van der Waals surface area contributed by atoms with E-state index in [0.29, 0.717) is 11.6 Å². The van der Waals surface area contributed by atoms with Crippen LogP contribution in [0.1, 0.15) is 12.0 Å². The van der Waals surface area contributed by atoms with Gasteiger partial charge in [-0.3, -0.25) is 4.79 Å². The second kappa shape index (κ2) is 8.60. The van der Waals surface area contributed by atoms with Gasteiger partial charge in [-0.1, -0.05) is 23.7 Å². The third-order valence-electron chi connectivity index (χ3n) is 3.24. The number of amides is 1. The maximum Gasteiger partial charge on any atom is 0.225 e. The van der Waals surface area contributed by atoms with Gasteiger partial charge < -0.3 is 10.6 Å². The Morgan fingerprint density at radius 3 is 2.43 bits per heavy atom. The van der Waals surface area contributed by atoms with Crippen LogP contribution in [-0.2, 0) is 11.2 Å². The molecule has 122 valence electrons. The Hall–Kier alpha value is -1.98. The minimum Gasteiger partial charge on any atom is -0.326 e. The molecule has 0 aliphatic rings. The number of anilines is 1. The first-order valence-corrected chi connectivity index (χ1v) is 7.62. The third kappa shape index (κ3) is 5.96. The Bertz CT molecular complexity index is 662. The van der Waals surface area contributed by atoms with E-state index in [1.54, 1.807) is 0 Å². The van der Waals surface area contributed by atoms with Crippen LogP contribution in [0.4, 0.5) is 14.5 Å². The number of rotatable bonds is 7. The number of halogens is 3. The van der Waals surface area contributed by atoms with Crippen LogP contribution in [0.3, 0.4) is 0 Å². The minimum absolute atomic E-state index is 0.245. The zero-order valence-electron chi connectivity index (χ0n) is 12.4. The summed E-state index contributed by atoms with van der Waals surface area (Å²) in [4.78, 5) is 11.7. The summed E-state index contributed by atoms with van der Waals surface area (Å²) in [6.07, 6.45) is 1.08. The van der Waals surface area contributed by atoms with Gasteiger partial charge in [-0.2, -0.15) is 0 Å². The van der Waals surface area contributed by atoms with Crippen molar-refractivity contribution in [3.05, 3.63) is 64.7 Å². The first-order valence-electron chi connectivity index (χ1n) is 7.24. The Labute approximate surface area is 138 Å². The van der Waals surface area contributed by atoms with Crippen LogP contribution >= 0.6 is 11.6 Å². The van der Waals surface area contributed by atoms with E-state index in [9.17, 15) is 13.6 Å². The molecule has 23 heavy (non-hydrogen) atoms.